The van der Waals surface area contributed by atoms with Gasteiger partial charge in [-0.25, -0.2) is 4.98 Å². The number of hydrogen-bond donors (Lipinski definition) is 2. The summed E-state index contributed by atoms with van der Waals surface area (Å²) in [6, 6.07) is 12.4. The van der Waals surface area contributed by atoms with Gasteiger partial charge in [0.2, 0.25) is 5.91 Å². The number of nitrogens with two attached hydrogens (primary N) is 1. The van der Waals surface area contributed by atoms with Crippen molar-refractivity contribution in [2.24, 2.45) is 5.73 Å². The number of benzene rings is 1. The fourth-order valence-corrected chi connectivity index (χ4v) is 1.87. The van der Waals surface area contributed by atoms with Crippen molar-refractivity contribution < 1.29 is 9.59 Å². The molecule has 2 aromatic rings. The van der Waals surface area contributed by atoms with E-state index in [4.69, 9.17) is 5.73 Å². The number of aromatic nitrogens is 1. The molecule has 1 aromatic heterocycles. The average Bonchev–Trinajstić information content (AvgIpc) is 2.53. The van der Waals surface area contributed by atoms with Gasteiger partial charge in [-0.3, -0.25) is 9.59 Å². The Hall–Kier alpha value is -2.53. The van der Waals surface area contributed by atoms with Gasteiger partial charge in [-0.05, 0) is 17.7 Å². The zero-order valence-corrected chi connectivity index (χ0v) is 11.6. The molecule has 2 rings (SSSR count). The second-order valence-corrected chi connectivity index (χ2v) is 4.59. The fraction of sp³-hybridized carbons (Fsp3) is 0.188. The van der Waals surface area contributed by atoms with Crippen molar-refractivity contribution in [3.05, 3.63) is 59.8 Å². The predicted molar refractivity (Wildman–Crippen MR) is 80.8 cm³/mol. The second-order valence-electron chi connectivity index (χ2n) is 4.59. The van der Waals surface area contributed by atoms with Crippen molar-refractivity contribution in [2.45, 2.75) is 19.4 Å². The van der Waals surface area contributed by atoms with Gasteiger partial charge in [-0.15, -0.1) is 0 Å². The van der Waals surface area contributed by atoms with Crippen molar-refractivity contribution in [1.29, 1.82) is 0 Å². The molecule has 0 spiro atoms. The van der Waals surface area contributed by atoms with Crippen LogP contribution in [0.15, 0.2) is 48.7 Å². The van der Waals surface area contributed by atoms with Gasteiger partial charge in [0.1, 0.15) is 5.82 Å². The molecule has 0 bridgehead atoms. The van der Waals surface area contributed by atoms with Crippen molar-refractivity contribution in [3.8, 4) is 0 Å². The fourth-order valence-electron chi connectivity index (χ4n) is 1.87. The normalized spacial score (nSPS) is 10.1. The molecule has 1 aromatic carbocycles. The smallest absolute Gasteiger partial charge is 0.225 e. The number of Topliss-reactive ketones (excluding diaryl/α,β-unsaturated/α-hetero) is 1. The third kappa shape index (κ3) is 4.50. The Kier molecular flexibility index (Phi) is 5.17. The van der Waals surface area contributed by atoms with Crippen LogP contribution in [0.1, 0.15) is 28.8 Å². The molecule has 0 aliphatic carbocycles. The van der Waals surface area contributed by atoms with Crippen LogP contribution < -0.4 is 11.1 Å². The number of nitrogens with zero attached hydrogens (tertiary/aromatic N) is 1. The summed E-state index contributed by atoms with van der Waals surface area (Å²) in [7, 11) is 0. The Morgan fingerprint density at radius 2 is 1.86 bits per heavy atom. The van der Waals surface area contributed by atoms with E-state index in [-0.39, 0.29) is 24.5 Å². The van der Waals surface area contributed by atoms with E-state index in [1.807, 2.05) is 6.07 Å². The van der Waals surface area contributed by atoms with Gasteiger partial charge in [0.05, 0.1) is 0 Å². The van der Waals surface area contributed by atoms with Crippen LogP contribution in [0, 0.1) is 0 Å². The van der Waals surface area contributed by atoms with Crippen LogP contribution in [0.2, 0.25) is 0 Å². The summed E-state index contributed by atoms with van der Waals surface area (Å²) in [5.74, 6) is 0.172. The molecule has 0 fully saturated rings. The second kappa shape index (κ2) is 7.31. The summed E-state index contributed by atoms with van der Waals surface area (Å²) < 4.78 is 0. The van der Waals surface area contributed by atoms with Crippen LogP contribution in [-0.2, 0) is 11.3 Å². The molecule has 0 atom stereocenters. The van der Waals surface area contributed by atoms with E-state index in [1.54, 1.807) is 42.6 Å². The maximum atomic E-state index is 11.9. The zero-order chi connectivity index (χ0) is 15.1. The minimum Gasteiger partial charge on any atom is -0.326 e. The molecular weight excluding hydrogens is 266 g/mol. The highest BCUT2D eigenvalue weighted by atomic mass is 16.2. The maximum Gasteiger partial charge on any atom is 0.225 e. The first-order valence-corrected chi connectivity index (χ1v) is 6.72. The van der Waals surface area contributed by atoms with Gasteiger partial charge < -0.3 is 11.1 Å². The third-order valence-corrected chi connectivity index (χ3v) is 3.00. The topological polar surface area (TPSA) is 85.1 Å². The summed E-state index contributed by atoms with van der Waals surface area (Å²) in [4.78, 5) is 27.7. The highest BCUT2D eigenvalue weighted by molar-refractivity contribution is 5.99. The Morgan fingerprint density at radius 1 is 1.10 bits per heavy atom. The molecule has 0 radical (unpaired) electrons. The van der Waals surface area contributed by atoms with Crippen molar-refractivity contribution in [3.63, 3.8) is 0 Å². The minimum absolute atomic E-state index is 0.0468. The van der Waals surface area contributed by atoms with Crippen LogP contribution in [0.25, 0.3) is 0 Å². The Bertz CT molecular complexity index is 626. The van der Waals surface area contributed by atoms with Crippen LogP contribution in [0.4, 0.5) is 5.82 Å². The first kappa shape index (κ1) is 14.9. The molecule has 108 valence electrons. The molecule has 0 aliphatic heterocycles. The number of anilines is 1. The lowest BCUT2D eigenvalue weighted by Crippen LogP contribution is -2.14. The lowest BCUT2D eigenvalue weighted by atomic mass is 10.1. The predicted octanol–water partition coefficient (Wildman–Crippen LogP) is 2.14. The largest absolute Gasteiger partial charge is 0.326 e. The van der Waals surface area contributed by atoms with Gasteiger partial charge in [-0.1, -0.05) is 30.3 Å². The van der Waals surface area contributed by atoms with E-state index >= 15 is 0 Å². The standard InChI is InChI=1S/C16H17N3O2/c17-11-12-8-9-18-15(10-12)19-16(21)7-6-14(20)13-4-2-1-3-5-13/h1-5,8-10H,6-7,11,17H2,(H,18,19,21). The molecule has 0 aliphatic rings. The van der Waals surface area contributed by atoms with Crippen molar-refractivity contribution in [2.75, 3.05) is 5.32 Å². The highest BCUT2D eigenvalue weighted by Gasteiger charge is 2.09. The SMILES string of the molecule is NCc1ccnc(NC(=O)CCC(=O)c2ccccc2)c1. The van der Waals surface area contributed by atoms with Crippen molar-refractivity contribution in [1.82, 2.24) is 4.98 Å². The number of nitrogens with one attached hydrogen (secondary N) is 1. The molecular formula is C16H17N3O2. The zero-order valence-electron chi connectivity index (χ0n) is 11.6. The Labute approximate surface area is 123 Å². The number of carbonyl (C=O) groups is 2. The first-order valence-electron chi connectivity index (χ1n) is 6.72. The van der Waals surface area contributed by atoms with Gasteiger partial charge in [0.25, 0.3) is 0 Å². The molecule has 0 saturated carbocycles. The minimum atomic E-state index is -0.235. The number of carbonyl (C=O) groups excluding carboxylic acids is 2. The molecule has 3 N–H and O–H groups in total. The number of hydrogen-bond acceptors (Lipinski definition) is 4. The molecule has 0 unspecified atom stereocenters. The van der Waals surface area contributed by atoms with Crippen LogP contribution in [0.3, 0.4) is 0 Å². The number of rotatable bonds is 6. The summed E-state index contributed by atoms with van der Waals surface area (Å²) in [5, 5.41) is 2.67. The molecule has 1 amide bonds. The van der Waals surface area contributed by atoms with E-state index < -0.39 is 0 Å². The summed E-state index contributed by atoms with van der Waals surface area (Å²) >= 11 is 0. The van der Waals surface area contributed by atoms with E-state index in [9.17, 15) is 9.59 Å². The van der Waals surface area contributed by atoms with E-state index in [0.29, 0.717) is 17.9 Å². The molecule has 21 heavy (non-hydrogen) atoms. The summed E-state index contributed by atoms with van der Waals surface area (Å²) in [6.45, 7) is 0.387. The van der Waals surface area contributed by atoms with E-state index in [0.717, 1.165) is 5.56 Å². The van der Waals surface area contributed by atoms with Crippen molar-refractivity contribution >= 4 is 17.5 Å². The van der Waals surface area contributed by atoms with Crippen LogP contribution >= 0.6 is 0 Å². The Balaban J connectivity index is 1.86. The van der Waals surface area contributed by atoms with E-state index in [1.165, 1.54) is 0 Å². The summed E-state index contributed by atoms with van der Waals surface area (Å²) in [6.07, 6.45) is 1.89. The lowest BCUT2D eigenvalue weighted by molar-refractivity contribution is -0.116. The quantitative estimate of drug-likeness (QED) is 0.795. The lowest BCUT2D eigenvalue weighted by Gasteiger charge is -2.05. The first-order chi connectivity index (χ1) is 10.2. The molecule has 5 heteroatoms. The highest BCUT2D eigenvalue weighted by Crippen LogP contribution is 2.09. The van der Waals surface area contributed by atoms with Gasteiger partial charge in [0, 0.05) is 31.1 Å². The van der Waals surface area contributed by atoms with Gasteiger partial charge in [-0.2, -0.15) is 0 Å². The van der Waals surface area contributed by atoms with E-state index in [2.05, 4.69) is 10.3 Å². The molecule has 1 heterocycles. The number of amides is 1. The monoisotopic (exact) mass is 283 g/mol. The molecule has 5 nitrogen and oxygen atoms in total. The van der Waals surface area contributed by atoms with Crippen LogP contribution in [0.5, 0.6) is 0 Å². The molecule has 0 saturated heterocycles. The average molecular weight is 283 g/mol. The van der Waals surface area contributed by atoms with Gasteiger partial charge >= 0.3 is 0 Å². The van der Waals surface area contributed by atoms with Gasteiger partial charge in [0.15, 0.2) is 5.78 Å². The maximum absolute atomic E-state index is 11.9. The van der Waals surface area contributed by atoms with Crippen LogP contribution in [-0.4, -0.2) is 16.7 Å². The summed E-state index contributed by atoms with van der Waals surface area (Å²) in [5.41, 5.74) is 7.04. The third-order valence-electron chi connectivity index (χ3n) is 3.00. The number of pyridine rings is 1. The number of ketones is 1. The Morgan fingerprint density at radius 3 is 2.57 bits per heavy atom.